The van der Waals surface area contributed by atoms with Crippen LogP contribution in [0.3, 0.4) is 0 Å². The molecule has 2 heterocycles. The molecule has 1 aliphatic heterocycles. The first-order valence-corrected chi connectivity index (χ1v) is 9.80. The number of hydrogen-bond donors (Lipinski definition) is 0. The zero-order valence-electron chi connectivity index (χ0n) is 16.3. The third-order valence-corrected chi connectivity index (χ3v) is 4.95. The van der Waals surface area contributed by atoms with Crippen LogP contribution in [-0.4, -0.2) is 59.4 Å². The van der Waals surface area contributed by atoms with E-state index in [-0.39, 0.29) is 11.8 Å². The molecule has 2 amide bonds. The lowest BCUT2D eigenvalue weighted by atomic mass is 10.2. The normalized spacial score (nSPS) is 14.5. The standard InChI is InChI=1S/C22H27N3O3/c1-18-6-2-3-7-20(18)28-17-4-8-21(26)24-13-5-14-25(16-15-24)22(27)19-9-11-23-12-10-19/h2-3,6-7,9-12H,4-5,8,13-17H2,1H3. The highest BCUT2D eigenvalue weighted by Crippen LogP contribution is 2.16. The van der Waals surface area contributed by atoms with E-state index in [1.807, 2.05) is 41.0 Å². The Hall–Kier alpha value is -2.89. The molecule has 1 fully saturated rings. The average molecular weight is 381 g/mol. The summed E-state index contributed by atoms with van der Waals surface area (Å²) in [5.41, 5.74) is 1.74. The maximum Gasteiger partial charge on any atom is 0.254 e. The number of hydrogen-bond acceptors (Lipinski definition) is 4. The van der Waals surface area contributed by atoms with E-state index in [1.165, 1.54) is 0 Å². The van der Waals surface area contributed by atoms with E-state index in [0.29, 0.717) is 51.2 Å². The van der Waals surface area contributed by atoms with Crippen LogP contribution in [0.25, 0.3) is 0 Å². The van der Waals surface area contributed by atoms with E-state index in [2.05, 4.69) is 4.98 Å². The van der Waals surface area contributed by atoms with E-state index in [4.69, 9.17) is 4.74 Å². The maximum absolute atomic E-state index is 12.6. The number of carbonyl (C=O) groups is 2. The predicted molar refractivity (Wildman–Crippen MR) is 107 cm³/mol. The number of aromatic nitrogens is 1. The first kappa shape index (κ1) is 19.9. The summed E-state index contributed by atoms with van der Waals surface area (Å²) in [5, 5.41) is 0. The molecule has 148 valence electrons. The molecule has 6 heteroatoms. The highest BCUT2D eigenvalue weighted by atomic mass is 16.5. The van der Waals surface area contributed by atoms with Gasteiger partial charge < -0.3 is 14.5 Å². The molecular weight excluding hydrogens is 354 g/mol. The van der Waals surface area contributed by atoms with Crippen molar-refractivity contribution in [1.82, 2.24) is 14.8 Å². The molecule has 0 spiro atoms. The predicted octanol–water partition coefficient (Wildman–Crippen LogP) is 2.92. The van der Waals surface area contributed by atoms with Gasteiger partial charge >= 0.3 is 0 Å². The average Bonchev–Trinajstić information content (AvgIpc) is 2.99. The Morgan fingerprint density at radius 3 is 2.50 bits per heavy atom. The van der Waals surface area contributed by atoms with Gasteiger partial charge in [0.05, 0.1) is 6.61 Å². The Morgan fingerprint density at radius 1 is 1.00 bits per heavy atom. The van der Waals surface area contributed by atoms with E-state index >= 15 is 0 Å². The molecule has 0 N–H and O–H groups in total. The van der Waals surface area contributed by atoms with Crippen LogP contribution in [-0.2, 0) is 4.79 Å². The van der Waals surface area contributed by atoms with Crippen molar-refractivity contribution in [3.8, 4) is 5.75 Å². The summed E-state index contributed by atoms with van der Waals surface area (Å²) in [6, 6.07) is 11.3. The molecule has 0 atom stereocenters. The van der Waals surface area contributed by atoms with E-state index in [0.717, 1.165) is 17.7 Å². The van der Waals surface area contributed by atoms with Crippen molar-refractivity contribution in [3.05, 3.63) is 59.9 Å². The first-order chi connectivity index (χ1) is 13.6. The molecule has 1 saturated heterocycles. The molecule has 1 aliphatic rings. The number of rotatable bonds is 6. The summed E-state index contributed by atoms with van der Waals surface area (Å²) in [5.74, 6) is 1.00. The summed E-state index contributed by atoms with van der Waals surface area (Å²) in [7, 11) is 0. The number of aryl methyl sites for hydroxylation is 1. The molecule has 28 heavy (non-hydrogen) atoms. The molecule has 3 rings (SSSR count). The number of pyridine rings is 1. The summed E-state index contributed by atoms with van der Waals surface area (Å²) < 4.78 is 5.77. The monoisotopic (exact) mass is 381 g/mol. The molecule has 0 saturated carbocycles. The first-order valence-electron chi connectivity index (χ1n) is 9.80. The third kappa shape index (κ3) is 5.31. The van der Waals surface area contributed by atoms with Crippen LogP contribution in [0.5, 0.6) is 5.75 Å². The Kier molecular flexibility index (Phi) is 7.00. The van der Waals surface area contributed by atoms with Gasteiger partial charge in [-0.25, -0.2) is 0 Å². The van der Waals surface area contributed by atoms with Crippen molar-refractivity contribution in [2.45, 2.75) is 26.2 Å². The van der Waals surface area contributed by atoms with Gasteiger partial charge in [0.15, 0.2) is 0 Å². The van der Waals surface area contributed by atoms with Gasteiger partial charge in [-0.1, -0.05) is 18.2 Å². The van der Waals surface area contributed by atoms with Crippen LogP contribution in [0, 0.1) is 6.92 Å². The smallest absolute Gasteiger partial charge is 0.254 e. The van der Waals surface area contributed by atoms with Gasteiger partial charge in [-0.3, -0.25) is 14.6 Å². The minimum atomic E-state index is 0.00308. The minimum absolute atomic E-state index is 0.00308. The Balaban J connectivity index is 1.43. The molecular formula is C22H27N3O3. The molecule has 0 unspecified atom stereocenters. The van der Waals surface area contributed by atoms with Crippen molar-refractivity contribution in [2.24, 2.45) is 0 Å². The second-order valence-corrected chi connectivity index (χ2v) is 6.98. The lowest BCUT2D eigenvalue weighted by Gasteiger charge is -2.22. The molecule has 0 bridgehead atoms. The summed E-state index contributed by atoms with van der Waals surface area (Å²) in [4.78, 5) is 32.8. The van der Waals surface area contributed by atoms with Crippen LogP contribution >= 0.6 is 0 Å². The molecule has 0 radical (unpaired) electrons. The van der Waals surface area contributed by atoms with Gasteiger partial charge in [-0.15, -0.1) is 0 Å². The number of benzene rings is 1. The zero-order chi connectivity index (χ0) is 19.8. The van der Waals surface area contributed by atoms with Crippen molar-refractivity contribution in [2.75, 3.05) is 32.8 Å². The number of para-hydroxylation sites is 1. The fourth-order valence-corrected chi connectivity index (χ4v) is 3.33. The summed E-state index contributed by atoms with van der Waals surface area (Å²) >= 11 is 0. The summed E-state index contributed by atoms with van der Waals surface area (Å²) in [6.45, 7) is 5.04. The van der Waals surface area contributed by atoms with Crippen molar-refractivity contribution < 1.29 is 14.3 Å². The molecule has 6 nitrogen and oxygen atoms in total. The SMILES string of the molecule is Cc1ccccc1OCCCC(=O)N1CCCN(C(=O)c2ccncc2)CC1. The number of nitrogens with zero attached hydrogens (tertiary/aromatic N) is 3. The molecule has 2 aromatic rings. The van der Waals surface area contributed by atoms with Crippen LogP contribution in [0.4, 0.5) is 0 Å². The Labute approximate surface area is 166 Å². The number of carbonyl (C=O) groups excluding carboxylic acids is 2. The lowest BCUT2D eigenvalue weighted by molar-refractivity contribution is -0.131. The topological polar surface area (TPSA) is 62.7 Å². The van der Waals surface area contributed by atoms with Gasteiger partial charge in [0.25, 0.3) is 5.91 Å². The van der Waals surface area contributed by atoms with Crippen molar-refractivity contribution in [3.63, 3.8) is 0 Å². The second kappa shape index (κ2) is 9.88. The quantitative estimate of drug-likeness (QED) is 0.722. The van der Waals surface area contributed by atoms with Gasteiger partial charge in [0.2, 0.25) is 5.91 Å². The Bertz CT molecular complexity index is 795. The van der Waals surface area contributed by atoms with Crippen molar-refractivity contribution in [1.29, 1.82) is 0 Å². The van der Waals surface area contributed by atoms with Gasteiger partial charge in [-0.05, 0) is 43.5 Å². The summed E-state index contributed by atoms with van der Waals surface area (Å²) in [6.07, 6.45) is 5.19. The lowest BCUT2D eigenvalue weighted by Crippen LogP contribution is -2.37. The van der Waals surface area contributed by atoms with E-state index in [9.17, 15) is 9.59 Å². The fourth-order valence-electron chi connectivity index (χ4n) is 3.33. The van der Waals surface area contributed by atoms with Crippen LogP contribution in [0.2, 0.25) is 0 Å². The molecule has 0 aliphatic carbocycles. The second-order valence-electron chi connectivity index (χ2n) is 6.98. The van der Waals surface area contributed by atoms with E-state index in [1.54, 1.807) is 24.5 Å². The maximum atomic E-state index is 12.6. The van der Waals surface area contributed by atoms with Crippen LogP contribution in [0.1, 0.15) is 35.2 Å². The van der Waals surface area contributed by atoms with Crippen molar-refractivity contribution >= 4 is 11.8 Å². The highest BCUT2D eigenvalue weighted by molar-refractivity contribution is 5.94. The van der Waals surface area contributed by atoms with Gasteiger partial charge in [-0.2, -0.15) is 0 Å². The highest BCUT2D eigenvalue weighted by Gasteiger charge is 2.22. The molecule has 1 aromatic carbocycles. The van der Waals surface area contributed by atoms with Gasteiger partial charge in [0.1, 0.15) is 5.75 Å². The third-order valence-electron chi connectivity index (χ3n) is 4.95. The van der Waals surface area contributed by atoms with Gasteiger partial charge in [0, 0.05) is 50.6 Å². The van der Waals surface area contributed by atoms with Crippen LogP contribution < -0.4 is 4.74 Å². The fraction of sp³-hybridized carbons (Fsp3) is 0.409. The van der Waals surface area contributed by atoms with E-state index < -0.39 is 0 Å². The minimum Gasteiger partial charge on any atom is -0.493 e. The Morgan fingerprint density at radius 2 is 1.71 bits per heavy atom. The number of amides is 2. The number of ether oxygens (including phenoxy) is 1. The molecule has 1 aromatic heterocycles. The zero-order valence-corrected chi connectivity index (χ0v) is 16.3. The van der Waals surface area contributed by atoms with Crippen LogP contribution in [0.15, 0.2) is 48.8 Å². The largest absolute Gasteiger partial charge is 0.493 e.